The van der Waals surface area contributed by atoms with Crippen molar-refractivity contribution in [2.45, 2.75) is 0 Å². The number of nitrogens with zero attached hydrogens (tertiary/aromatic N) is 1. The standard InChI is InChI=1S/C6H7NO3.2Na.2H/c1-10-5-4(8)2-3-7-6(5)9;;;;/h2-3H,1H3,(H2,7,8,9);;;;. The van der Waals surface area contributed by atoms with Crippen LogP contribution in [0.1, 0.15) is 0 Å². The third-order valence-corrected chi connectivity index (χ3v) is 1.07. The monoisotopic (exact) mass is 189 g/mol. The Morgan fingerprint density at radius 2 is 1.92 bits per heavy atom. The summed E-state index contributed by atoms with van der Waals surface area (Å²) in [6.45, 7) is 0. The van der Waals surface area contributed by atoms with Gasteiger partial charge in [-0.2, -0.15) is 0 Å². The zero-order valence-electron chi connectivity index (χ0n) is 5.40. The molecule has 1 heterocycles. The van der Waals surface area contributed by atoms with E-state index in [1.807, 2.05) is 0 Å². The molecule has 1 aromatic rings. The minimum absolute atomic E-state index is 0. The molecular weight excluding hydrogens is 180 g/mol. The van der Waals surface area contributed by atoms with Crippen LogP contribution >= 0.6 is 0 Å². The summed E-state index contributed by atoms with van der Waals surface area (Å²) in [5.74, 6) is -0.417. The summed E-state index contributed by atoms with van der Waals surface area (Å²) >= 11 is 0. The Kier molecular flexibility index (Phi) is 8.78. The second-order valence-electron chi connectivity index (χ2n) is 1.69. The molecule has 0 spiro atoms. The number of hydrogen-bond donors (Lipinski definition) is 2. The first-order valence-corrected chi connectivity index (χ1v) is 2.66. The Bertz CT molecular complexity index is 224. The number of ether oxygens (including phenoxy) is 1. The quantitative estimate of drug-likeness (QED) is 0.568. The van der Waals surface area contributed by atoms with Gasteiger partial charge in [-0.1, -0.05) is 0 Å². The van der Waals surface area contributed by atoms with Crippen molar-refractivity contribution >= 4 is 59.1 Å². The van der Waals surface area contributed by atoms with Gasteiger partial charge in [0.1, 0.15) is 0 Å². The number of rotatable bonds is 1. The van der Waals surface area contributed by atoms with Crippen LogP contribution in [0.25, 0.3) is 0 Å². The molecular formula is C6H9NNa2O3. The average molecular weight is 189 g/mol. The van der Waals surface area contributed by atoms with Crippen LogP contribution in [0, 0.1) is 0 Å². The maximum absolute atomic E-state index is 8.97. The van der Waals surface area contributed by atoms with Crippen molar-refractivity contribution < 1.29 is 14.9 Å². The van der Waals surface area contributed by atoms with Gasteiger partial charge in [-0.25, -0.2) is 4.98 Å². The van der Waals surface area contributed by atoms with Gasteiger partial charge >= 0.3 is 59.1 Å². The molecule has 0 aliphatic carbocycles. The molecule has 0 aliphatic heterocycles. The van der Waals surface area contributed by atoms with Gasteiger partial charge in [0.2, 0.25) is 5.75 Å². The van der Waals surface area contributed by atoms with Gasteiger partial charge in [0.05, 0.1) is 7.11 Å². The summed E-state index contributed by atoms with van der Waals surface area (Å²) in [5.41, 5.74) is 0. The number of methoxy groups -OCH3 is 1. The van der Waals surface area contributed by atoms with Crippen LogP contribution < -0.4 is 4.74 Å². The summed E-state index contributed by atoms with van der Waals surface area (Å²) in [6.07, 6.45) is 1.28. The third kappa shape index (κ3) is 3.51. The van der Waals surface area contributed by atoms with E-state index in [4.69, 9.17) is 10.2 Å². The maximum atomic E-state index is 8.97. The molecule has 0 bridgehead atoms. The SMILES string of the molecule is COc1c(O)ccnc1O.[NaH].[NaH]. The van der Waals surface area contributed by atoms with Crippen molar-refractivity contribution in [2.24, 2.45) is 0 Å². The van der Waals surface area contributed by atoms with Gasteiger partial charge in [-0.05, 0) is 0 Å². The summed E-state index contributed by atoms with van der Waals surface area (Å²) < 4.78 is 4.61. The number of aromatic nitrogens is 1. The van der Waals surface area contributed by atoms with Gasteiger partial charge in [-0.15, -0.1) is 0 Å². The number of aromatic hydroxyl groups is 2. The molecule has 4 nitrogen and oxygen atoms in total. The molecule has 0 saturated carbocycles. The Morgan fingerprint density at radius 3 is 2.25 bits per heavy atom. The second-order valence-corrected chi connectivity index (χ2v) is 1.69. The Morgan fingerprint density at radius 1 is 1.33 bits per heavy atom. The fraction of sp³-hybridized carbons (Fsp3) is 0.167. The van der Waals surface area contributed by atoms with Crippen molar-refractivity contribution in [2.75, 3.05) is 7.11 Å². The van der Waals surface area contributed by atoms with Gasteiger partial charge in [-0.3, -0.25) is 0 Å². The van der Waals surface area contributed by atoms with Crippen molar-refractivity contribution in [1.29, 1.82) is 0 Å². The molecule has 6 heteroatoms. The molecule has 1 rings (SSSR count). The molecule has 0 fully saturated rings. The topological polar surface area (TPSA) is 62.6 Å². The van der Waals surface area contributed by atoms with Crippen LogP contribution in [-0.2, 0) is 0 Å². The van der Waals surface area contributed by atoms with E-state index in [1.54, 1.807) is 0 Å². The predicted octanol–water partition coefficient (Wildman–Crippen LogP) is -0.796. The predicted molar refractivity (Wildman–Crippen MR) is 48.4 cm³/mol. The zero-order valence-corrected chi connectivity index (χ0v) is 5.40. The van der Waals surface area contributed by atoms with Crippen LogP contribution in [0.4, 0.5) is 0 Å². The van der Waals surface area contributed by atoms with Crippen LogP contribution in [0.3, 0.4) is 0 Å². The molecule has 1 aromatic heterocycles. The second kappa shape index (κ2) is 7.00. The molecule has 0 radical (unpaired) electrons. The number of hydrogen-bond acceptors (Lipinski definition) is 4. The van der Waals surface area contributed by atoms with E-state index in [-0.39, 0.29) is 76.5 Å². The first-order valence-electron chi connectivity index (χ1n) is 2.66. The van der Waals surface area contributed by atoms with Crippen molar-refractivity contribution in [3.8, 4) is 17.4 Å². The van der Waals surface area contributed by atoms with Gasteiger partial charge in [0.15, 0.2) is 5.75 Å². The third-order valence-electron chi connectivity index (χ3n) is 1.07. The van der Waals surface area contributed by atoms with E-state index in [2.05, 4.69) is 9.72 Å². The Balaban J connectivity index is 0. The van der Waals surface area contributed by atoms with E-state index in [1.165, 1.54) is 19.4 Å². The summed E-state index contributed by atoms with van der Waals surface area (Å²) in [6, 6.07) is 1.33. The molecule has 0 atom stereocenters. The Labute approximate surface area is 115 Å². The molecule has 12 heavy (non-hydrogen) atoms. The van der Waals surface area contributed by atoms with Gasteiger partial charge in [0.25, 0.3) is 5.88 Å². The summed E-state index contributed by atoms with van der Waals surface area (Å²) in [7, 11) is 1.34. The molecule has 0 unspecified atom stereocenters. The van der Waals surface area contributed by atoms with Gasteiger partial charge < -0.3 is 14.9 Å². The fourth-order valence-corrected chi connectivity index (χ4v) is 0.623. The van der Waals surface area contributed by atoms with Crippen LogP contribution in [0.5, 0.6) is 17.4 Å². The summed E-state index contributed by atoms with van der Waals surface area (Å²) in [4.78, 5) is 3.48. The molecule has 0 amide bonds. The van der Waals surface area contributed by atoms with Crippen LogP contribution in [0.15, 0.2) is 12.3 Å². The van der Waals surface area contributed by atoms with E-state index < -0.39 is 0 Å². The average Bonchev–Trinajstić information content (AvgIpc) is 1.88. The van der Waals surface area contributed by atoms with Crippen LogP contribution in [-0.4, -0.2) is 81.4 Å². The van der Waals surface area contributed by atoms with E-state index in [9.17, 15) is 0 Å². The first kappa shape index (κ1) is 15.0. The van der Waals surface area contributed by atoms with Crippen LogP contribution in [0.2, 0.25) is 0 Å². The van der Waals surface area contributed by atoms with E-state index in [0.29, 0.717) is 0 Å². The summed E-state index contributed by atoms with van der Waals surface area (Å²) in [5, 5.41) is 17.9. The fourth-order valence-electron chi connectivity index (χ4n) is 0.623. The zero-order chi connectivity index (χ0) is 7.56. The Hall–Kier alpha value is 0.550. The van der Waals surface area contributed by atoms with E-state index >= 15 is 0 Å². The molecule has 2 N–H and O–H groups in total. The van der Waals surface area contributed by atoms with E-state index in [0.717, 1.165) is 0 Å². The first-order chi connectivity index (χ1) is 4.75. The normalized spacial score (nSPS) is 7.75. The molecule has 0 aliphatic rings. The van der Waals surface area contributed by atoms with Crippen molar-refractivity contribution in [3.63, 3.8) is 0 Å². The van der Waals surface area contributed by atoms with Crippen molar-refractivity contribution in [1.82, 2.24) is 4.98 Å². The van der Waals surface area contributed by atoms with Crippen molar-refractivity contribution in [3.05, 3.63) is 12.3 Å². The van der Waals surface area contributed by atoms with Gasteiger partial charge in [0, 0.05) is 12.3 Å². The number of pyridine rings is 1. The molecule has 0 saturated heterocycles. The molecule has 0 aromatic carbocycles. The molecule has 58 valence electrons. The minimum atomic E-state index is -0.303.